The number of primary amides is 1. The van der Waals surface area contributed by atoms with E-state index in [-0.39, 0.29) is 5.91 Å². The van der Waals surface area contributed by atoms with Crippen LogP contribution in [0.2, 0.25) is 0 Å². The van der Waals surface area contributed by atoms with Gasteiger partial charge in [-0.2, -0.15) is 0 Å². The molecule has 2 fully saturated rings. The van der Waals surface area contributed by atoms with Crippen LogP contribution < -0.4 is 11.1 Å². The first-order chi connectivity index (χ1) is 11.6. The molecule has 1 atom stereocenters. The predicted molar refractivity (Wildman–Crippen MR) is 96.4 cm³/mol. The molecule has 132 valence electrons. The van der Waals surface area contributed by atoms with Crippen LogP contribution in [0.25, 0.3) is 0 Å². The molecule has 2 saturated heterocycles. The summed E-state index contributed by atoms with van der Waals surface area (Å²) in [7, 11) is 0. The molecule has 7 heteroatoms. The number of hydrogen-bond acceptors (Lipinski definition) is 5. The molecule has 1 unspecified atom stereocenters. The number of nitrogens with two attached hydrogens (primary N) is 1. The summed E-state index contributed by atoms with van der Waals surface area (Å²) in [5.74, 6) is -0.556. The molecule has 6 nitrogen and oxygen atoms in total. The number of nitrogens with one attached hydrogen (secondary N) is 1. The van der Waals surface area contributed by atoms with Gasteiger partial charge in [-0.05, 0) is 56.8 Å². The number of rotatable bonds is 6. The standard InChI is InChI=1S/C17H26N4O2S/c18-16(23)14-6-11-24-17(14)19-15(22)5-10-20-7-3-4-13(12-20)21-8-1-2-9-21/h6,11,13H,1-5,7-10,12H2,(H2,18,23)(H,19,22). The van der Waals surface area contributed by atoms with E-state index in [9.17, 15) is 9.59 Å². The fourth-order valence-corrected chi connectivity index (χ4v) is 4.50. The number of amides is 2. The van der Waals surface area contributed by atoms with E-state index in [1.54, 1.807) is 11.4 Å². The molecule has 2 amide bonds. The summed E-state index contributed by atoms with van der Waals surface area (Å²) in [6, 6.07) is 2.30. The minimum Gasteiger partial charge on any atom is -0.366 e. The SMILES string of the molecule is NC(=O)c1ccsc1NC(=O)CCN1CCCC(N2CCCC2)C1. The Morgan fingerprint density at radius 3 is 2.79 bits per heavy atom. The average Bonchev–Trinajstić information content (AvgIpc) is 3.25. The summed E-state index contributed by atoms with van der Waals surface area (Å²) in [5.41, 5.74) is 5.69. The molecular formula is C17H26N4O2S. The maximum Gasteiger partial charge on any atom is 0.251 e. The van der Waals surface area contributed by atoms with Crippen molar-refractivity contribution < 1.29 is 9.59 Å². The molecule has 0 saturated carbocycles. The Morgan fingerprint density at radius 2 is 2.04 bits per heavy atom. The third-order valence-electron chi connectivity index (χ3n) is 4.98. The van der Waals surface area contributed by atoms with Gasteiger partial charge in [0.15, 0.2) is 0 Å². The highest BCUT2D eigenvalue weighted by Crippen LogP contribution is 2.23. The second-order valence-corrected chi connectivity index (χ2v) is 7.58. The molecule has 0 radical (unpaired) electrons. The van der Waals surface area contributed by atoms with Gasteiger partial charge in [-0.1, -0.05) is 0 Å². The van der Waals surface area contributed by atoms with Gasteiger partial charge in [0.2, 0.25) is 5.91 Å². The molecule has 3 rings (SSSR count). The van der Waals surface area contributed by atoms with E-state index >= 15 is 0 Å². The number of carbonyl (C=O) groups is 2. The fraction of sp³-hybridized carbons (Fsp3) is 0.647. The van der Waals surface area contributed by atoms with Crippen LogP contribution in [0, 0.1) is 0 Å². The maximum absolute atomic E-state index is 12.2. The Hall–Kier alpha value is -1.44. The summed E-state index contributed by atoms with van der Waals surface area (Å²) in [5, 5.41) is 5.14. The van der Waals surface area contributed by atoms with E-state index in [1.807, 2.05) is 0 Å². The zero-order valence-electron chi connectivity index (χ0n) is 14.0. The second kappa shape index (κ2) is 8.09. The molecule has 2 aliphatic rings. The van der Waals surface area contributed by atoms with Gasteiger partial charge in [0.05, 0.1) is 5.56 Å². The average molecular weight is 350 g/mol. The lowest BCUT2D eigenvalue weighted by molar-refractivity contribution is -0.116. The predicted octanol–water partition coefficient (Wildman–Crippen LogP) is 1.74. The molecule has 3 heterocycles. The highest BCUT2D eigenvalue weighted by molar-refractivity contribution is 7.14. The van der Waals surface area contributed by atoms with E-state index in [0.717, 1.165) is 19.6 Å². The van der Waals surface area contributed by atoms with E-state index in [1.165, 1.54) is 50.1 Å². The molecule has 2 aliphatic heterocycles. The lowest BCUT2D eigenvalue weighted by atomic mass is 10.0. The minimum atomic E-state index is -0.504. The molecule has 0 aromatic carbocycles. The normalized spacial score (nSPS) is 22.6. The first-order valence-electron chi connectivity index (χ1n) is 8.77. The van der Waals surface area contributed by atoms with Gasteiger partial charge in [0.1, 0.15) is 5.00 Å². The van der Waals surface area contributed by atoms with Crippen molar-refractivity contribution in [3.63, 3.8) is 0 Å². The Kier molecular flexibility index (Phi) is 5.86. The van der Waals surface area contributed by atoms with Crippen LogP contribution >= 0.6 is 11.3 Å². The summed E-state index contributed by atoms with van der Waals surface area (Å²) >= 11 is 1.33. The van der Waals surface area contributed by atoms with Crippen molar-refractivity contribution in [3.05, 3.63) is 17.0 Å². The summed E-state index contributed by atoms with van der Waals surface area (Å²) < 4.78 is 0. The summed E-state index contributed by atoms with van der Waals surface area (Å²) in [6.07, 6.45) is 5.58. The highest BCUT2D eigenvalue weighted by Gasteiger charge is 2.27. The van der Waals surface area contributed by atoms with Crippen LogP contribution in [0.15, 0.2) is 11.4 Å². The molecule has 3 N–H and O–H groups in total. The van der Waals surface area contributed by atoms with Crippen molar-refractivity contribution >= 4 is 28.2 Å². The lowest BCUT2D eigenvalue weighted by Gasteiger charge is -2.37. The van der Waals surface area contributed by atoms with E-state index in [0.29, 0.717) is 23.0 Å². The number of anilines is 1. The molecule has 24 heavy (non-hydrogen) atoms. The van der Waals surface area contributed by atoms with Gasteiger partial charge in [0, 0.05) is 25.6 Å². The van der Waals surface area contributed by atoms with Crippen LogP contribution in [-0.4, -0.2) is 60.4 Å². The van der Waals surface area contributed by atoms with Crippen molar-refractivity contribution in [2.45, 2.75) is 38.1 Å². The second-order valence-electron chi connectivity index (χ2n) is 6.67. The summed E-state index contributed by atoms with van der Waals surface area (Å²) in [4.78, 5) is 28.5. The number of carbonyl (C=O) groups excluding carboxylic acids is 2. The van der Waals surface area contributed by atoms with Crippen molar-refractivity contribution in [1.29, 1.82) is 0 Å². The maximum atomic E-state index is 12.2. The largest absolute Gasteiger partial charge is 0.366 e. The van der Waals surface area contributed by atoms with Gasteiger partial charge < -0.3 is 16.0 Å². The molecule has 1 aromatic heterocycles. The van der Waals surface area contributed by atoms with Crippen LogP contribution in [-0.2, 0) is 4.79 Å². The lowest BCUT2D eigenvalue weighted by Crippen LogP contribution is -2.47. The first-order valence-corrected chi connectivity index (χ1v) is 9.65. The topological polar surface area (TPSA) is 78.7 Å². The van der Waals surface area contributed by atoms with Crippen molar-refractivity contribution in [3.8, 4) is 0 Å². The highest BCUT2D eigenvalue weighted by atomic mass is 32.1. The Labute approximate surface area is 147 Å². The molecule has 0 bridgehead atoms. The monoisotopic (exact) mass is 350 g/mol. The minimum absolute atomic E-state index is 0.0526. The Morgan fingerprint density at radius 1 is 1.25 bits per heavy atom. The number of likely N-dealkylation sites (tertiary alicyclic amines) is 2. The van der Waals surface area contributed by atoms with E-state index in [2.05, 4.69) is 15.1 Å². The van der Waals surface area contributed by atoms with E-state index in [4.69, 9.17) is 5.73 Å². The smallest absolute Gasteiger partial charge is 0.251 e. The Bertz CT molecular complexity index is 583. The zero-order valence-corrected chi connectivity index (χ0v) is 14.8. The number of hydrogen-bond donors (Lipinski definition) is 2. The third kappa shape index (κ3) is 4.34. The van der Waals surface area contributed by atoms with Crippen LogP contribution in [0.4, 0.5) is 5.00 Å². The third-order valence-corrected chi connectivity index (χ3v) is 5.81. The van der Waals surface area contributed by atoms with Crippen LogP contribution in [0.3, 0.4) is 0 Å². The van der Waals surface area contributed by atoms with Gasteiger partial charge in [-0.25, -0.2) is 0 Å². The number of thiophene rings is 1. The first kappa shape index (κ1) is 17.4. The van der Waals surface area contributed by atoms with Crippen molar-refractivity contribution in [1.82, 2.24) is 9.80 Å². The van der Waals surface area contributed by atoms with Gasteiger partial charge in [-0.15, -0.1) is 11.3 Å². The Balaban J connectivity index is 1.45. The van der Waals surface area contributed by atoms with Gasteiger partial charge in [-0.3, -0.25) is 14.5 Å². The fourth-order valence-electron chi connectivity index (χ4n) is 3.69. The van der Waals surface area contributed by atoms with Crippen molar-refractivity contribution in [2.24, 2.45) is 5.73 Å². The van der Waals surface area contributed by atoms with E-state index < -0.39 is 5.91 Å². The summed E-state index contributed by atoms with van der Waals surface area (Å²) in [6.45, 7) is 5.37. The van der Waals surface area contributed by atoms with Crippen LogP contribution in [0.5, 0.6) is 0 Å². The van der Waals surface area contributed by atoms with Gasteiger partial charge >= 0.3 is 0 Å². The number of piperidine rings is 1. The van der Waals surface area contributed by atoms with Crippen molar-refractivity contribution in [2.75, 3.05) is 38.0 Å². The number of nitrogens with zero attached hydrogens (tertiary/aromatic N) is 2. The molecule has 1 aromatic rings. The van der Waals surface area contributed by atoms with Crippen LogP contribution in [0.1, 0.15) is 42.5 Å². The zero-order chi connectivity index (χ0) is 16.9. The van der Waals surface area contributed by atoms with Gasteiger partial charge in [0.25, 0.3) is 5.91 Å². The quantitative estimate of drug-likeness (QED) is 0.819. The molecule has 0 spiro atoms. The molecule has 0 aliphatic carbocycles. The molecular weight excluding hydrogens is 324 g/mol.